The van der Waals surface area contributed by atoms with E-state index in [9.17, 15) is 18.0 Å². The maximum absolute atomic E-state index is 14.6. The maximum atomic E-state index is 14.6. The molecule has 0 aliphatic rings. The monoisotopic (exact) mass is 657 g/mol. The zero-order valence-electron chi connectivity index (χ0n) is 27.4. The number of anilines is 1. The van der Waals surface area contributed by atoms with Gasteiger partial charge in [-0.1, -0.05) is 77.9 Å². The Hall–Kier alpha value is -4.08. The van der Waals surface area contributed by atoms with Crippen molar-refractivity contribution < 1.29 is 18.0 Å². The van der Waals surface area contributed by atoms with Gasteiger partial charge in [-0.05, 0) is 88.4 Å². The van der Waals surface area contributed by atoms with Crippen molar-refractivity contribution in [2.75, 3.05) is 17.1 Å². The number of rotatable bonds is 12. The van der Waals surface area contributed by atoms with Crippen molar-refractivity contribution >= 4 is 39.3 Å². The van der Waals surface area contributed by atoms with Crippen LogP contribution in [0, 0.1) is 13.8 Å². The fourth-order valence-corrected chi connectivity index (χ4v) is 6.95. The molecule has 0 heterocycles. The predicted octanol–water partition coefficient (Wildman–Crippen LogP) is 6.78. The van der Waals surface area contributed by atoms with E-state index in [2.05, 4.69) is 5.32 Å². The molecule has 0 unspecified atom stereocenters. The Morgan fingerprint density at radius 3 is 2.02 bits per heavy atom. The molecule has 0 aromatic heterocycles. The second kappa shape index (κ2) is 15.0. The Labute approximate surface area is 278 Å². The largest absolute Gasteiger partial charge is 0.350 e. The normalized spacial score (nSPS) is 12.3. The lowest BCUT2D eigenvalue weighted by atomic mass is 10.0. The molecule has 0 bridgehead atoms. The lowest BCUT2D eigenvalue weighted by Gasteiger charge is -2.35. The molecule has 0 saturated carbocycles. The Kier molecular flexibility index (Phi) is 11.3. The SMILES string of the molecule is CSc1ccc(S(=O)(=O)N(CC(=O)N(Cc2cccc(C)c2)[C@@H](Cc2ccccc2)C(=O)NC(C)(C)C)c2ccc(C)cc2)cc1. The van der Waals surface area contributed by atoms with Gasteiger partial charge in [0.25, 0.3) is 10.0 Å². The quantitative estimate of drug-likeness (QED) is 0.170. The van der Waals surface area contributed by atoms with E-state index in [4.69, 9.17) is 0 Å². The standard InChI is InChI=1S/C37H43N3O4S2/c1-27-15-17-31(18-16-27)40(46(43,44)33-21-19-32(45-6)20-22-33)26-35(41)39(25-30-14-10-11-28(2)23-30)34(36(42)38-37(3,4)5)24-29-12-8-7-9-13-29/h7-23,34H,24-26H2,1-6H3,(H,38,42)/t34-/m0/s1. The summed E-state index contributed by atoms with van der Waals surface area (Å²) in [6.45, 7) is 9.20. The first-order chi connectivity index (χ1) is 21.8. The summed E-state index contributed by atoms with van der Waals surface area (Å²) in [6, 6.07) is 30.1. The van der Waals surface area contributed by atoms with Crippen LogP contribution >= 0.6 is 11.8 Å². The molecule has 242 valence electrons. The predicted molar refractivity (Wildman–Crippen MR) is 187 cm³/mol. The number of aryl methyl sites for hydroxylation is 2. The van der Waals surface area contributed by atoms with Gasteiger partial charge >= 0.3 is 0 Å². The molecule has 7 nitrogen and oxygen atoms in total. The van der Waals surface area contributed by atoms with E-state index in [0.717, 1.165) is 31.5 Å². The number of benzene rings is 4. The van der Waals surface area contributed by atoms with Crippen LogP contribution in [0.5, 0.6) is 0 Å². The van der Waals surface area contributed by atoms with Crippen LogP contribution in [0.1, 0.15) is 43.0 Å². The van der Waals surface area contributed by atoms with Crippen molar-refractivity contribution in [1.82, 2.24) is 10.2 Å². The van der Waals surface area contributed by atoms with Crippen molar-refractivity contribution in [3.05, 3.63) is 125 Å². The molecular weight excluding hydrogens is 615 g/mol. The van der Waals surface area contributed by atoms with E-state index >= 15 is 0 Å². The van der Waals surface area contributed by atoms with Gasteiger partial charge in [0.15, 0.2) is 0 Å². The third kappa shape index (κ3) is 9.23. The molecule has 4 aromatic rings. The molecule has 4 aromatic carbocycles. The molecule has 0 fully saturated rings. The van der Waals surface area contributed by atoms with Crippen LogP contribution in [0.25, 0.3) is 0 Å². The molecule has 1 N–H and O–H groups in total. The van der Waals surface area contributed by atoms with E-state index in [1.807, 2.05) is 108 Å². The van der Waals surface area contributed by atoms with Crippen LogP contribution in [0.4, 0.5) is 5.69 Å². The highest BCUT2D eigenvalue weighted by atomic mass is 32.2. The second-order valence-electron chi connectivity index (χ2n) is 12.5. The number of nitrogens with one attached hydrogen (secondary N) is 1. The summed E-state index contributed by atoms with van der Waals surface area (Å²) >= 11 is 1.51. The molecule has 0 saturated heterocycles. The van der Waals surface area contributed by atoms with Crippen molar-refractivity contribution in [2.45, 2.75) is 69.0 Å². The number of thioether (sulfide) groups is 1. The lowest BCUT2D eigenvalue weighted by Crippen LogP contribution is -2.56. The summed E-state index contributed by atoms with van der Waals surface area (Å²) in [6.07, 6.45) is 2.18. The molecule has 1 atom stereocenters. The zero-order valence-corrected chi connectivity index (χ0v) is 29.0. The third-order valence-corrected chi connectivity index (χ3v) is 9.98. The molecule has 0 radical (unpaired) electrons. The summed E-state index contributed by atoms with van der Waals surface area (Å²) in [5.74, 6) is -0.800. The maximum Gasteiger partial charge on any atom is 0.264 e. The summed E-state index contributed by atoms with van der Waals surface area (Å²) in [5.41, 5.74) is 3.51. The number of hydrogen-bond donors (Lipinski definition) is 1. The first kappa shape index (κ1) is 34.8. The fraction of sp³-hybridized carbons (Fsp3) is 0.297. The number of hydrogen-bond acceptors (Lipinski definition) is 5. The van der Waals surface area contributed by atoms with E-state index in [1.54, 1.807) is 36.4 Å². The first-order valence-electron chi connectivity index (χ1n) is 15.2. The van der Waals surface area contributed by atoms with E-state index < -0.39 is 34.1 Å². The van der Waals surface area contributed by atoms with E-state index in [1.165, 1.54) is 16.7 Å². The molecular formula is C37H43N3O4S2. The van der Waals surface area contributed by atoms with Gasteiger partial charge in [0, 0.05) is 23.4 Å². The number of carbonyl (C=O) groups excluding carboxylic acids is 2. The summed E-state index contributed by atoms with van der Waals surface area (Å²) in [4.78, 5) is 31.1. The van der Waals surface area contributed by atoms with Crippen molar-refractivity contribution in [1.29, 1.82) is 0 Å². The molecule has 0 aliphatic heterocycles. The van der Waals surface area contributed by atoms with Crippen LogP contribution in [0.15, 0.2) is 113 Å². The second-order valence-corrected chi connectivity index (χ2v) is 15.2. The van der Waals surface area contributed by atoms with Gasteiger partial charge in [-0.3, -0.25) is 13.9 Å². The summed E-state index contributed by atoms with van der Waals surface area (Å²) in [7, 11) is -4.16. The zero-order chi connectivity index (χ0) is 33.5. The fourth-order valence-electron chi connectivity index (χ4n) is 5.13. The topological polar surface area (TPSA) is 86.8 Å². The highest BCUT2D eigenvalue weighted by Gasteiger charge is 2.35. The van der Waals surface area contributed by atoms with Crippen LogP contribution in [-0.4, -0.2) is 49.5 Å². The minimum Gasteiger partial charge on any atom is -0.350 e. The van der Waals surface area contributed by atoms with Gasteiger partial charge in [-0.25, -0.2) is 8.42 Å². The molecule has 9 heteroatoms. The number of carbonyl (C=O) groups is 2. The molecule has 46 heavy (non-hydrogen) atoms. The average Bonchev–Trinajstić information content (AvgIpc) is 3.01. The highest BCUT2D eigenvalue weighted by Crippen LogP contribution is 2.27. The molecule has 2 amide bonds. The van der Waals surface area contributed by atoms with Gasteiger partial charge in [0.2, 0.25) is 11.8 Å². The lowest BCUT2D eigenvalue weighted by molar-refractivity contribution is -0.140. The van der Waals surface area contributed by atoms with E-state index in [0.29, 0.717) is 5.69 Å². The summed E-state index contributed by atoms with van der Waals surface area (Å²) in [5, 5.41) is 3.06. The minimum atomic E-state index is -4.16. The van der Waals surface area contributed by atoms with Crippen LogP contribution in [-0.2, 0) is 32.6 Å². The van der Waals surface area contributed by atoms with Gasteiger partial charge < -0.3 is 10.2 Å². The van der Waals surface area contributed by atoms with Crippen LogP contribution in [0.2, 0.25) is 0 Å². The van der Waals surface area contributed by atoms with Gasteiger partial charge in [0.1, 0.15) is 12.6 Å². The first-order valence-corrected chi connectivity index (χ1v) is 17.9. The summed E-state index contributed by atoms with van der Waals surface area (Å²) < 4.78 is 29.6. The Bertz CT molecular complexity index is 1730. The smallest absolute Gasteiger partial charge is 0.264 e. The van der Waals surface area contributed by atoms with Crippen molar-refractivity contribution in [3.63, 3.8) is 0 Å². The molecule has 0 aliphatic carbocycles. The Morgan fingerprint density at radius 1 is 0.804 bits per heavy atom. The molecule has 0 spiro atoms. The average molecular weight is 658 g/mol. The van der Waals surface area contributed by atoms with Crippen LogP contribution < -0.4 is 9.62 Å². The van der Waals surface area contributed by atoms with Gasteiger partial charge in [0.05, 0.1) is 10.6 Å². The van der Waals surface area contributed by atoms with Crippen molar-refractivity contribution in [2.24, 2.45) is 0 Å². The molecule has 4 rings (SSSR count). The highest BCUT2D eigenvalue weighted by molar-refractivity contribution is 7.98. The minimum absolute atomic E-state index is 0.0789. The third-order valence-electron chi connectivity index (χ3n) is 7.45. The Balaban J connectivity index is 1.81. The number of nitrogens with zero attached hydrogens (tertiary/aromatic N) is 2. The van der Waals surface area contributed by atoms with Gasteiger partial charge in [-0.2, -0.15) is 0 Å². The van der Waals surface area contributed by atoms with Crippen LogP contribution in [0.3, 0.4) is 0 Å². The van der Waals surface area contributed by atoms with Crippen molar-refractivity contribution in [3.8, 4) is 0 Å². The number of amides is 2. The van der Waals surface area contributed by atoms with E-state index in [-0.39, 0.29) is 23.8 Å². The number of sulfonamides is 1. The Morgan fingerprint density at radius 2 is 1.43 bits per heavy atom. The van der Waals surface area contributed by atoms with Gasteiger partial charge in [-0.15, -0.1) is 11.8 Å².